The van der Waals surface area contributed by atoms with Crippen molar-refractivity contribution in [2.24, 2.45) is 0 Å². The molecule has 0 aliphatic carbocycles. The summed E-state index contributed by atoms with van der Waals surface area (Å²) in [4.78, 5) is 10.2. The van der Waals surface area contributed by atoms with Crippen LogP contribution in [0.3, 0.4) is 0 Å². The second kappa shape index (κ2) is 7.97. The number of aryl methyl sites for hydroxylation is 1. The van der Waals surface area contributed by atoms with Gasteiger partial charge in [0, 0.05) is 12.1 Å². The van der Waals surface area contributed by atoms with Crippen LogP contribution in [-0.2, 0) is 0 Å². The highest BCUT2D eigenvalue weighted by molar-refractivity contribution is 7.80. The van der Waals surface area contributed by atoms with Gasteiger partial charge in [0.05, 0.1) is 11.5 Å². The Labute approximate surface area is 113 Å². The van der Waals surface area contributed by atoms with E-state index in [9.17, 15) is 10.1 Å². The molecule has 100 valence electrons. The number of ether oxygens (including phenoxy) is 1. The lowest BCUT2D eigenvalue weighted by Gasteiger charge is -2.08. The molecule has 0 saturated carbocycles. The van der Waals surface area contributed by atoms with Gasteiger partial charge in [-0.15, -0.1) is 0 Å². The normalized spacial score (nSPS) is 10.3. The fourth-order valence-electron chi connectivity index (χ4n) is 1.66. The number of rotatable bonds is 8. The van der Waals surface area contributed by atoms with Crippen LogP contribution in [0.1, 0.15) is 31.2 Å². The van der Waals surface area contributed by atoms with Crippen LogP contribution >= 0.6 is 12.6 Å². The van der Waals surface area contributed by atoms with Crippen molar-refractivity contribution >= 4 is 18.3 Å². The fourth-order valence-corrected chi connectivity index (χ4v) is 1.88. The van der Waals surface area contributed by atoms with Gasteiger partial charge in [0.25, 0.3) is 5.69 Å². The number of thiol groups is 1. The Kier molecular flexibility index (Phi) is 6.57. The largest absolute Gasteiger partial charge is 0.493 e. The zero-order valence-electron chi connectivity index (χ0n) is 10.6. The summed E-state index contributed by atoms with van der Waals surface area (Å²) in [6.07, 6.45) is 4.45. The molecule has 1 aromatic rings. The first-order valence-electron chi connectivity index (χ1n) is 6.14. The lowest BCUT2D eigenvalue weighted by Crippen LogP contribution is -1.99. The Hall–Kier alpha value is -1.23. The van der Waals surface area contributed by atoms with Crippen LogP contribution in [0.25, 0.3) is 0 Å². The van der Waals surface area contributed by atoms with Crippen molar-refractivity contribution in [1.82, 2.24) is 0 Å². The molecule has 0 spiro atoms. The molecule has 0 heterocycles. The molecule has 0 fully saturated rings. The maximum atomic E-state index is 10.6. The van der Waals surface area contributed by atoms with Gasteiger partial charge in [-0.1, -0.05) is 12.8 Å². The van der Waals surface area contributed by atoms with E-state index in [0.29, 0.717) is 6.61 Å². The maximum absolute atomic E-state index is 10.6. The van der Waals surface area contributed by atoms with E-state index in [1.165, 1.54) is 18.6 Å². The third-order valence-electron chi connectivity index (χ3n) is 2.68. The van der Waals surface area contributed by atoms with E-state index in [-0.39, 0.29) is 5.69 Å². The predicted molar refractivity (Wildman–Crippen MR) is 75.6 cm³/mol. The number of non-ortho nitro benzene ring substituents is 1. The standard InChI is InChI=1S/C13H19NO3S/c1-11-10-12(14(15)16)6-7-13(11)17-8-4-2-3-5-9-18/h6-7,10,18H,2-5,8-9H2,1H3. The average molecular weight is 269 g/mol. The molecular weight excluding hydrogens is 250 g/mol. The van der Waals surface area contributed by atoms with E-state index in [0.717, 1.165) is 36.3 Å². The summed E-state index contributed by atoms with van der Waals surface area (Å²) in [5, 5.41) is 10.6. The Morgan fingerprint density at radius 2 is 2.00 bits per heavy atom. The minimum absolute atomic E-state index is 0.105. The van der Waals surface area contributed by atoms with Gasteiger partial charge in [0.2, 0.25) is 0 Å². The van der Waals surface area contributed by atoms with E-state index in [1.807, 2.05) is 6.92 Å². The SMILES string of the molecule is Cc1cc([N+](=O)[O-])ccc1OCCCCCCS. The Balaban J connectivity index is 2.36. The molecule has 0 aliphatic heterocycles. The van der Waals surface area contributed by atoms with Crippen LogP contribution in [0.15, 0.2) is 18.2 Å². The number of nitro benzene ring substituents is 1. The molecule has 0 saturated heterocycles. The highest BCUT2D eigenvalue weighted by atomic mass is 32.1. The van der Waals surface area contributed by atoms with Gasteiger partial charge in [-0.05, 0) is 37.1 Å². The molecule has 0 aliphatic rings. The van der Waals surface area contributed by atoms with Gasteiger partial charge in [0.1, 0.15) is 5.75 Å². The van der Waals surface area contributed by atoms with Crippen molar-refractivity contribution in [3.8, 4) is 5.75 Å². The van der Waals surface area contributed by atoms with Crippen LogP contribution in [-0.4, -0.2) is 17.3 Å². The quantitative estimate of drug-likeness (QED) is 0.338. The number of benzene rings is 1. The number of nitrogens with zero attached hydrogens (tertiary/aromatic N) is 1. The lowest BCUT2D eigenvalue weighted by atomic mass is 10.2. The summed E-state index contributed by atoms with van der Waals surface area (Å²) in [6.45, 7) is 2.48. The van der Waals surface area contributed by atoms with Gasteiger partial charge < -0.3 is 4.74 Å². The van der Waals surface area contributed by atoms with Crippen molar-refractivity contribution in [3.63, 3.8) is 0 Å². The number of unbranched alkanes of at least 4 members (excludes halogenated alkanes) is 3. The van der Waals surface area contributed by atoms with Crippen LogP contribution in [0, 0.1) is 17.0 Å². The van der Waals surface area contributed by atoms with Crippen molar-refractivity contribution in [2.45, 2.75) is 32.6 Å². The number of nitro groups is 1. The Bertz CT molecular complexity index is 396. The summed E-state index contributed by atoms with van der Waals surface area (Å²) < 4.78 is 5.61. The predicted octanol–water partition coefficient (Wildman–Crippen LogP) is 3.77. The van der Waals surface area contributed by atoms with Crippen LogP contribution in [0.2, 0.25) is 0 Å². The zero-order valence-corrected chi connectivity index (χ0v) is 11.5. The van der Waals surface area contributed by atoms with Gasteiger partial charge in [0.15, 0.2) is 0 Å². The molecule has 18 heavy (non-hydrogen) atoms. The van der Waals surface area contributed by atoms with Crippen LogP contribution < -0.4 is 4.74 Å². The smallest absolute Gasteiger partial charge is 0.269 e. The first-order valence-corrected chi connectivity index (χ1v) is 6.77. The third kappa shape index (κ3) is 4.96. The topological polar surface area (TPSA) is 52.4 Å². The van der Waals surface area contributed by atoms with Crippen LogP contribution in [0.5, 0.6) is 5.75 Å². The molecule has 0 N–H and O–H groups in total. The van der Waals surface area contributed by atoms with Crippen molar-refractivity contribution in [1.29, 1.82) is 0 Å². The minimum atomic E-state index is -0.395. The third-order valence-corrected chi connectivity index (χ3v) is 3.00. The molecule has 0 radical (unpaired) electrons. The zero-order chi connectivity index (χ0) is 13.4. The first-order chi connectivity index (χ1) is 8.65. The summed E-state index contributed by atoms with van der Waals surface area (Å²) in [6, 6.07) is 4.68. The van der Waals surface area contributed by atoms with Gasteiger partial charge >= 0.3 is 0 Å². The number of hydrogen-bond donors (Lipinski definition) is 1. The second-order valence-corrected chi connectivity index (χ2v) is 4.64. The summed E-state index contributed by atoms with van der Waals surface area (Å²) in [7, 11) is 0. The summed E-state index contributed by atoms with van der Waals surface area (Å²) in [5.41, 5.74) is 0.910. The maximum Gasteiger partial charge on any atom is 0.269 e. The highest BCUT2D eigenvalue weighted by Gasteiger charge is 2.08. The molecule has 0 aromatic heterocycles. The molecule has 0 atom stereocenters. The van der Waals surface area contributed by atoms with E-state index in [4.69, 9.17) is 4.74 Å². The Morgan fingerprint density at radius 1 is 1.28 bits per heavy atom. The van der Waals surface area contributed by atoms with Gasteiger partial charge in [-0.2, -0.15) is 12.6 Å². The van der Waals surface area contributed by atoms with Gasteiger partial charge in [-0.3, -0.25) is 10.1 Å². The Morgan fingerprint density at radius 3 is 2.61 bits per heavy atom. The van der Waals surface area contributed by atoms with E-state index < -0.39 is 4.92 Å². The van der Waals surface area contributed by atoms with E-state index in [1.54, 1.807) is 6.07 Å². The van der Waals surface area contributed by atoms with Crippen molar-refractivity contribution in [3.05, 3.63) is 33.9 Å². The molecule has 5 heteroatoms. The summed E-state index contributed by atoms with van der Waals surface area (Å²) >= 11 is 4.16. The summed E-state index contributed by atoms with van der Waals surface area (Å²) in [5.74, 6) is 1.66. The number of hydrogen-bond acceptors (Lipinski definition) is 4. The monoisotopic (exact) mass is 269 g/mol. The molecule has 0 amide bonds. The highest BCUT2D eigenvalue weighted by Crippen LogP contribution is 2.23. The lowest BCUT2D eigenvalue weighted by molar-refractivity contribution is -0.384. The fraction of sp³-hybridized carbons (Fsp3) is 0.538. The molecule has 1 rings (SSSR count). The van der Waals surface area contributed by atoms with Crippen molar-refractivity contribution < 1.29 is 9.66 Å². The van der Waals surface area contributed by atoms with Crippen molar-refractivity contribution in [2.75, 3.05) is 12.4 Å². The van der Waals surface area contributed by atoms with E-state index in [2.05, 4.69) is 12.6 Å². The molecule has 4 nitrogen and oxygen atoms in total. The average Bonchev–Trinajstić information content (AvgIpc) is 2.35. The molecule has 0 unspecified atom stereocenters. The molecule has 0 bridgehead atoms. The molecule has 1 aromatic carbocycles. The first kappa shape index (κ1) is 14.8. The molecular formula is C13H19NO3S. The van der Waals surface area contributed by atoms with Gasteiger partial charge in [-0.25, -0.2) is 0 Å². The van der Waals surface area contributed by atoms with Crippen LogP contribution in [0.4, 0.5) is 5.69 Å². The van der Waals surface area contributed by atoms with E-state index >= 15 is 0 Å². The minimum Gasteiger partial charge on any atom is -0.493 e. The second-order valence-electron chi connectivity index (χ2n) is 4.19.